The lowest BCUT2D eigenvalue weighted by Crippen LogP contribution is -2.36. The number of nitrogens with two attached hydrogens (primary N) is 1. The predicted molar refractivity (Wildman–Crippen MR) is 74.9 cm³/mol. The van der Waals surface area contributed by atoms with Gasteiger partial charge in [0.05, 0.1) is 23.8 Å². The summed E-state index contributed by atoms with van der Waals surface area (Å²) in [5, 5.41) is 0.544. The average molecular weight is 299 g/mol. The van der Waals surface area contributed by atoms with E-state index in [-0.39, 0.29) is 0 Å². The first-order valence-electron chi connectivity index (χ1n) is 5.93. The number of carbonyl (C=O) groups is 1. The summed E-state index contributed by atoms with van der Waals surface area (Å²) in [6, 6.07) is 3.63. The number of rotatable bonds is 2. The topological polar surface area (TPSA) is 69.7 Å². The summed E-state index contributed by atoms with van der Waals surface area (Å²) in [5.74, 6) is -0.418. The lowest BCUT2D eigenvalue weighted by molar-refractivity contribution is -0.341. The van der Waals surface area contributed by atoms with Crippen LogP contribution in [-0.4, -0.2) is 32.2 Å². The smallest absolute Gasteiger partial charge is 0.275 e. The molecule has 1 saturated heterocycles. The van der Waals surface area contributed by atoms with E-state index >= 15 is 0 Å². The van der Waals surface area contributed by atoms with Gasteiger partial charge in [0.2, 0.25) is 5.52 Å². The van der Waals surface area contributed by atoms with E-state index in [1.807, 2.05) is 6.07 Å². The number of amides is 1. The van der Waals surface area contributed by atoms with Crippen LogP contribution in [0.5, 0.6) is 0 Å². The van der Waals surface area contributed by atoms with Gasteiger partial charge >= 0.3 is 0 Å². The Hall–Kier alpha value is -1.37. The predicted octanol–water partition coefficient (Wildman–Crippen LogP) is 1.30. The van der Waals surface area contributed by atoms with Crippen molar-refractivity contribution in [3.8, 4) is 0 Å². The van der Waals surface area contributed by atoms with Gasteiger partial charge in [-0.2, -0.15) is 4.98 Å². The number of aromatic amines is 1. The molecule has 0 atom stereocenters. The molecule has 2 aromatic heterocycles. The molecule has 1 fully saturated rings. The number of nitrogens with one attached hydrogen (secondary N) is 1. The Labute approximate surface area is 118 Å². The molecule has 0 radical (unpaired) electrons. The molecule has 1 aliphatic rings. The summed E-state index contributed by atoms with van der Waals surface area (Å²) < 4.78 is 6.35. The highest BCUT2D eigenvalue weighted by Gasteiger charge is 2.21. The van der Waals surface area contributed by atoms with Crippen LogP contribution in [0.25, 0.3) is 10.2 Å². The lowest BCUT2D eigenvalue weighted by Gasteiger charge is -2.28. The molecule has 0 bridgehead atoms. The van der Waals surface area contributed by atoms with E-state index in [1.165, 1.54) is 11.3 Å². The number of nitrogens with zero attached hydrogens (tertiary/aromatic N) is 1. The van der Waals surface area contributed by atoms with E-state index in [2.05, 4.69) is 9.88 Å². The summed E-state index contributed by atoms with van der Waals surface area (Å²) in [6.07, 6.45) is 0. The molecule has 19 heavy (non-hydrogen) atoms. The molecule has 1 amide bonds. The first kappa shape index (κ1) is 12.7. The van der Waals surface area contributed by atoms with Crippen LogP contribution in [0.15, 0.2) is 12.1 Å². The van der Waals surface area contributed by atoms with Gasteiger partial charge in [-0.1, -0.05) is 0 Å². The summed E-state index contributed by atoms with van der Waals surface area (Å²) in [6.45, 7) is 3.04. The molecule has 5 nitrogen and oxygen atoms in total. The van der Waals surface area contributed by atoms with Gasteiger partial charge in [-0.25, -0.2) is 0 Å². The van der Waals surface area contributed by atoms with Crippen LogP contribution in [0, 0.1) is 0 Å². The molecule has 0 spiro atoms. The van der Waals surface area contributed by atoms with Crippen molar-refractivity contribution in [3.05, 3.63) is 22.2 Å². The second-order valence-corrected chi connectivity index (χ2v) is 5.78. The summed E-state index contributed by atoms with van der Waals surface area (Å²) in [5.41, 5.74) is 7.20. The number of pyridine rings is 1. The first-order valence-corrected chi connectivity index (χ1v) is 7.12. The van der Waals surface area contributed by atoms with Crippen molar-refractivity contribution < 1.29 is 14.5 Å². The molecular weight excluding hydrogens is 286 g/mol. The minimum Gasteiger partial charge on any atom is -0.378 e. The maximum Gasteiger partial charge on any atom is 0.275 e. The second kappa shape index (κ2) is 4.96. The highest BCUT2D eigenvalue weighted by atomic mass is 35.5. The van der Waals surface area contributed by atoms with Crippen LogP contribution in [0.2, 0.25) is 5.15 Å². The van der Waals surface area contributed by atoms with E-state index in [1.54, 1.807) is 6.07 Å². The number of hydrogen-bond acceptors (Lipinski definition) is 4. The van der Waals surface area contributed by atoms with Gasteiger partial charge in [0, 0.05) is 25.2 Å². The van der Waals surface area contributed by atoms with Crippen LogP contribution >= 0.6 is 22.9 Å². The number of primary amides is 1. The van der Waals surface area contributed by atoms with Gasteiger partial charge < -0.3 is 15.4 Å². The first-order chi connectivity index (χ1) is 9.15. The minimum absolute atomic E-state index is 0.418. The molecule has 100 valence electrons. The highest BCUT2D eigenvalue weighted by molar-refractivity contribution is 7.21. The largest absolute Gasteiger partial charge is 0.378 e. The number of morpholine rings is 1. The maximum atomic E-state index is 11.3. The van der Waals surface area contributed by atoms with Crippen molar-refractivity contribution in [2.45, 2.75) is 0 Å². The van der Waals surface area contributed by atoms with Gasteiger partial charge in [0.25, 0.3) is 11.1 Å². The number of anilines is 1. The molecule has 3 N–H and O–H groups in total. The van der Waals surface area contributed by atoms with Crippen molar-refractivity contribution in [1.82, 2.24) is 0 Å². The van der Waals surface area contributed by atoms with Crippen LogP contribution in [0.3, 0.4) is 0 Å². The fraction of sp³-hybridized carbons (Fsp3) is 0.333. The number of aromatic nitrogens is 1. The van der Waals surface area contributed by atoms with Crippen molar-refractivity contribution in [3.63, 3.8) is 0 Å². The zero-order valence-electron chi connectivity index (χ0n) is 10.1. The third-order valence-corrected chi connectivity index (χ3v) is 4.45. The number of ether oxygens (including phenoxy) is 1. The van der Waals surface area contributed by atoms with Crippen molar-refractivity contribution >= 4 is 44.7 Å². The minimum atomic E-state index is -0.418. The van der Waals surface area contributed by atoms with Crippen LogP contribution in [-0.2, 0) is 4.74 Å². The monoisotopic (exact) mass is 298 g/mol. The Balaban J connectivity index is 2.13. The Morgan fingerprint density at radius 3 is 2.84 bits per heavy atom. The lowest BCUT2D eigenvalue weighted by atomic mass is 10.3. The number of fused-ring (bicyclic) bond motifs is 1. The van der Waals surface area contributed by atoms with Gasteiger partial charge in [-0.3, -0.25) is 4.79 Å². The molecular formula is C12H13ClN3O2S+. The maximum absolute atomic E-state index is 11.3. The Morgan fingerprint density at radius 1 is 1.42 bits per heavy atom. The summed E-state index contributed by atoms with van der Waals surface area (Å²) in [7, 11) is 0. The summed E-state index contributed by atoms with van der Waals surface area (Å²) >= 11 is 7.49. The third kappa shape index (κ3) is 2.39. The molecule has 0 saturated carbocycles. The van der Waals surface area contributed by atoms with Gasteiger partial charge in [0.15, 0.2) is 0 Å². The molecule has 0 aromatic carbocycles. The standard InChI is InChI=1S/C12H12ClN3O2S/c13-10-6-8(16-1-3-18-4-2-16)11-7(15-10)5-9(19-11)12(14)17/h5-6H,1-4H2,(H2,14,17)/p+1. The molecule has 2 aromatic rings. The van der Waals surface area contributed by atoms with Crippen molar-refractivity contribution in [2.75, 3.05) is 31.2 Å². The molecule has 0 aliphatic carbocycles. The number of thiophene rings is 1. The zero-order chi connectivity index (χ0) is 13.4. The van der Waals surface area contributed by atoms with E-state index in [0.29, 0.717) is 23.2 Å². The molecule has 3 heterocycles. The fourth-order valence-corrected chi connectivity index (χ4v) is 3.40. The van der Waals surface area contributed by atoms with Gasteiger partial charge in [-0.05, 0) is 11.6 Å². The Morgan fingerprint density at radius 2 is 2.16 bits per heavy atom. The molecule has 7 heteroatoms. The third-order valence-electron chi connectivity index (χ3n) is 3.08. The normalized spacial score (nSPS) is 15.9. The number of halogens is 1. The fourth-order valence-electron chi connectivity index (χ4n) is 2.19. The molecule has 3 rings (SSSR count). The molecule has 1 aliphatic heterocycles. The van der Waals surface area contributed by atoms with Crippen molar-refractivity contribution in [2.24, 2.45) is 5.73 Å². The van der Waals surface area contributed by atoms with Crippen LogP contribution < -0.4 is 15.6 Å². The number of carbonyl (C=O) groups excluding carboxylic acids is 1. The Bertz CT molecular complexity index is 637. The van der Waals surface area contributed by atoms with Crippen LogP contribution in [0.4, 0.5) is 5.69 Å². The van der Waals surface area contributed by atoms with E-state index in [0.717, 1.165) is 29.0 Å². The van der Waals surface area contributed by atoms with Gasteiger partial charge in [0.1, 0.15) is 4.70 Å². The SMILES string of the molecule is NC(=O)c1cc2[nH+]c(Cl)cc(N3CCOCC3)c2s1. The average Bonchev–Trinajstić information content (AvgIpc) is 2.82. The van der Waals surface area contributed by atoms with Crippen molar-refractivity contribution in [1.29, 1.82) is 0 Å². The quantitative estimate of drug-likeness (QED) is 0.850. The van der Waals surface area contributed by atoms with Gasteiger partial charge in [-0.15, -0.1) is 11.3 Å². The highest BCUT2D eigenvalue weighted by Crippen LogP contribution is 2.33. The van der Waals surface area contributed by atoms with E-state index in [9.17, 15) is 4.79 Å². The molecule has 0 unspecified atom stereocenters. The Kier molecular flexibility index (Phi) is 3.30. The van der Waals surface area contributed by atoms with E-state index in [4.69, 9.17) is 22.1 Å². The van der Waals surface area contributed by atoms with Crippen LogP contribution in [0.1, 0.15) is 9.67 Å². The number of H-pyrrole nitrogens is 1. The summed E-state index contributed by atoms with van der Waals surface area (Å²) in [4.78, 5) is 17.1. The number of hydrogen-bond donors (Lipinski definition) is 1. The zero-order valence-corrected chi connectivity index (χ0v) is 11.7. The second-order valence-electron chi connectivity index (χ2n) is 4.32. The van der Waals surface area contributed by atoms with E-state index < -0.39 is 5.91 Å².